The van der Waals surface area contributed by atoms with Crippen molar-refractivity contribution < 1.29 is 37.3 Å². The van der Waals surface area contributed by atoms with Crippen LogP contribution in [-0.4, -0.2) is 34.0 Å². The van der Waals surface area contributed by atoms with E-state index in [0.717, 1.165) is 17.7 Å². The van der Waals surface area contributed by atoms with Crippen molar-refractivity contribution in [2.75, 3.05) is 5.32 Å². The Balaban J connectivity index is 1.61. The number of aromatic nitrogens is 1. The largest absolute Gasteiger partial charge is 0.573 e. The van der Waals surface area contributed by atoms with E-state index in [1.54, 1.807) is 47.2 Å². The van der Waals surface area contributed by atoms with Gasteiger partial charge in [-0.25, -0.2) is 4.79 Å². The zero-order valence-corrected chi connectivity index (χ0v) is 18.0. The third kappa shape index (κ3) is 7.16. The highest BCUT2D eigenvalue weighted by molar-refractivity contribution is 6.03. The standard InChI is InChI=1S/C24H21F3N2O5/c1-16(23(31)32)33-20-7-2-5-17(15-20)6-3-13-29-14-4-8-21(29)22(30)28-18-9-11-19(12-10-18)34-24(25,26)27/h2-12,14-16H,13H2,1H3,(H,28,30)(H,31,32)/b6-3+. The second kappa shape index (κ2) is 10.6. The molecule has 178 valence electrons. The Bertz CT molecular complexity index is 1170. The molecular weight excluding hydrogens is 453 g/mol. The first-order valence-electron chi connectivity index (χ1n) is 10.1. The van der Waals surface area contributed by atoms with Crippen LogP contribution in [0.15, 0.2) is 72.9 Å². The van der Waals surface area contributed by atoms with Crippen molar-refractivity contribution in [2.24, 2.45) is 0 Å². The van der Waals surface area contributed by atoms with E-state index in [9.17, 15) is 22.8 Å². The fourth-order valence-electron chi connectivity index (χ4n) is 2.96. The molecule has 0 bridgehead atoms. The third-order valence-electron chi connectivity index (χ3n) is 4.54. The molecular formula is C24H21F3N2O5. The molecule has 0 spiro atoms. The minimum atomic E-state index is -4.79. The van der Waals surface area contributed by atoms with Crippen LogP contribution in [0.2, 0.25) is 0 Å². The maximum absolute atomic E-state index is 12.6. The SMILES string of the molecule is CC(Oc1cccc(/C=C/Cn2cccc2C(=O)Nc2ccc(OC(F)(F)F)cc2)c1)C(=O)O. The van der Waals surface area contributed by atoms with Gasteiger partial charge in [-0.15, -0.1) is 13.2 Å². The molecule has 0 fully saturated rings. The number of carboxylic acid groups (broad SMARTS) is 1. The first-order valence-corrected chi connectivity index (χ1v) is 10.1. The fourth-order valence-corrected chi connectivity index (χ4v) is 2.96. The molecule has 1 heterocycles. The number of carbonyl (C=O) groups is 2. The van der Waals surface area contributed by atoms with Gasteiger partial charge in [0.15, 0.2) is 6.10 Å². The number of ether oxygens (including phenoxy) is 2. The van der Waals surface area contributed by atoms with Crippen LogP contribution in [0.1, 0.15) is 23.0 Å². The smallest absolute Gasteiger partial charge is 0.479 e. The zero-order valence-electron chi connectivity index (χ0n) is 18.0. The molecule has 0 aliphatic carbocycles. The van der Waals surface area contributed by atoms with E-state index in [-0.39, 0.29) is 5.75 Å². The molecule has 2 aromatic carbocycles. The number of alkyl halides is 3. The molecule has 1 unspecified atom stereocenters. The molecule has 2 N–H and O–H groups in total. The van der Waals surface area contributed by atoms with Crippen molar-refractivity contribution in [3.63, 3.8) is 0 Å². The molecule has 3 rings (SSSR count). The number of anilines is 1. The molecule has 0 aliphatic rings. The summed E-state index contributed by atoms with van der Waals surface area (Å²) < 4.78 is 47.6. The van der Waals surface area contributed by atoms with E-state index >= 15 is 0 Å². The molecule has 7 nitrogen and oxygen atoms in total. The Morgan fingerprint density at radius 2 is 1.82 bits per heavy atom. The fraction of sp³-hybridized carbons (Fsp3) is 0.167. The van der Waals surface area contributed by atoms with Crippen LogP contribution in [0.25, 0.3) is 6.08 Å². The number of allylic oxidation sites excluding steroid dienone is 1. The summed E-state index contributed by atoms with van der Waals surface area (Å²) in [4.78, 5) is 23.6. The summed E-state index contributed by atoms with van der Waals surface area (Å²) in [6, 6.07) is 15.1. The van der Waals surface area contributed by atoms with Crippen molar-refractivity contribution in [2.45, 2.75) is 25.9 Å². The Morgan fingerprint density at radius 3 is 2.50 bits per heavy atom. The number of amides is 1. The van der Waals surface area contributed by atoms with E-state index in [2.05, 4.69) is 10.1 Å². The number of carbonyl (C=O) groups excluding carboxylic acids is 1. The van der Waals surface area contributed by atoms with Gasteiger partial charge in [0.05, 0.1) is 0 Å². The molecule has 0 saturated carbocycles. The quantitative estimate of drug-likeness (QED) is 0.445. The predicted octanol–water partition coefficient (Wildman–Crippen LogP) is 5.20. The lowest BCUT2D eigenvalue weighted by molar-refractivity contribution is -0.274. The number of nitrogens with zero attached hydrogens (tertiary/aromatic N) is 1. The minimum absolute atomic E-state index is 0.315. The van der Waals surface area contributed by atoms with Crippen molar-refractivity contribution in [3.05, 3.63) is 84.2 Å². The van der Waals surface area contributed by atoms with Crippen LogP contribution < -0.4 is 14.8 Å². The first kappa shape index (κ1) is 24.4. The van der Waals surface area contributed by atoms with Crippen molar-refractivity contribution >= 4 is 23.6 Å². The van der Waals surface area contributed by atoms with Crippen molar-refractivity contribution in [1.29, 1.82) is 0 Å². The summed E-state index contributed by atoms with van der Waals surface area (Å²) in [6.45, 7) is 1.80. The summed E-state index contributed by atoms with van der Waals surface area (Å²) in [6.07, 6.45) is -0.426. The number of hydrogen-bond acceptors (Lipinski definition) is 4. The zero-order chi connectivity index (χ0) is 24.7. The number of carboxylic acids is 1. The van der Waals surface area contributed by atoms with Gasteiger partial charge >= 0.3 is 12.3 Å². The molecule has 0 aliphatic heterocycles. The molecule has 1 aromatic heterocycles. The molecule has 1 amide bonds. The van der Waals surface area contributed by atoms with Gasteiger partial charge in [0, 0.05) is 18.4 Å². The van der Waals surface area contributed by atoms with E-state index in [1.807, 2.05) is 12.1 Å². The Labute approximate surface area is 193 Å². The van der Waals surface area contributed by atoms with E-state index < -0.39 is 24.3 Å². The second-order valence-electron chi connectivity index (χ2n) is 7.15. The normalized spacial score (nSPS) is 12.4. The Kier molecular flexibility index (Phi) is 7.62. The molecule has 3 aromatic rings. The average Bonchev–Trinajstić information content (AvgIpc) is 3.23. The highest BCUT2D eigenvalue weighted by Gasteiger charge is 2.31. The van der Waals surface area contributed by atoms with Crippen LogP contribution in [0, 0.1) is 0 Å². The third-order valence-corrected chi connectivity index (χ3v) is 4.54. The van der Waals surface area contributed by atoms with Crippen LogP contribution in [0.3, 0.4) is 0 Å². The molecule has 34 heavy (non-hydrogen) atoms. The predicted molar refractivity (Wildman–Crippen MR) is 119 cm³/mol. The van der Waals surface area contributed by atoms with Gasteiger partial charge in [0.2, 0.25) is 0 Å². The monoisotopic (exact) mass is 474 g/mol. The van der Waals surface area contributed by atoms with Crippen LogP contribution in [-0.2, 0) is 11.3 Å². The van der Waals surface area contributed by atoms with Gasteiger partial charge in [-0.3, -0.25) is 4.79 Å². The van der Waals surface area contributed by atoms with E-state index in [0.29, 0.717) is 23.7 Å². The van der Waals surface area contributed by atoms with Crippen molar-refractivity contribution in [1.82, 2.24) is 4.57 Å². The highest BCUT2D eigenvalue weighted by atomic mass is 19.4. The number of aliphatic carboxylic acids is 1. The summed E-state index contributed by atoms with van der Waals surface area (Å²) in [5, 5.41) is 11.6. The van der Waals surface area contributed by atoms with Gasteiger partial charge in [0.25, 0.3) is 5.91 Å². The van der Waals surface area contributed by atoms with E-state index in [4.69, 9.17) is 9.84 Å². The Hall–Kier alpha value is -4.21. The average molecular weight is 474 g/mol. The molecule has 0 radical (unpaired) electrons. The van der Waals surface area contributed by atoms with Crippen LogP contribution >= 0.6 is 0 Å². The lowest BCUT2D eigenvalue weighted by Crippen LogP contribution is -2.22. The van der Waals surface area contributed by atoms with Gasteiger partial charge in [0.1, 0.15) is 17.2 Å². The number of benzene rings is 2. The maximum atomic E-state index is 12.6. The lowest BCUT2D eigenvalue weighted by atomic mass is 10.2. The summed E-state index contributed by atoms with van der Waals surface area (Å²) in [5.41, 5.74) is 1.46. The van der Waals surface area contributed by atoms with Crippen molar-refractivity contribution in [3.8, 4) is 11.5 Å². The number of rotatable bonds is 9. The van der Waals surface area contributed by atoms with Gasteiger partial charge < -0.3 is 24.5 Å². The molecule has 1 atom stereocenters. The molecule has 0 saturated heterocycles. The van der Waals surface area contributed by atoms with Crippen LogP contribution in [0.4, 0.5) is 18.9 Å². The number of nitrogens with one attached hydrogen (secondary N) is 1. The summed E-state index contributed by atoms with van der Waals surface area (Å²) in [5.74, 6) is -1.46. The van der Waals surface area contributed by atoms with Gasteiger partial charge in [-0.05, 0) is 61.0 Å². The van der Waals surface area contributed by atoms with Crippen LogP contribution in [0.5, 0.6) is 11.5 Å². The minimum Gasteiger partial charge on any atom is -0.479 e. The lowest BCUT2D eigenvalue weighted by Gasteiger charge is -2.11. The topological polar surface area (TPSA) is 89.8 Å². The summed E-state index contributed by atoms with van der Waals surface area (Å²) in [7, 11) is 0. The number of hydrogen-bond donors (Lipinski definition) is 2. The Morgan fingerprint density at radius 1 is 1.09 bits per heavy atom. The van der Waals surface area contributed by atoms with Gasteiger partial charge in [-0.1, -0.05) is 24.3 Å². The van der Waals surface area contributed by atoms with E-state index in [1.165, 1.54) is 19.1 Å². The maximum Gasteiger partial charge on any atom is 0.573 e. The highest BCUT2D eigenvalue weighted by Crippen LogP contribution is 2.24. The first-order chi connectivity index (χ1) is 16.1. The number of halogens is 3. The van der Waals surface area contributed by atoms with Gasteiger partial charge in [-0.2, -0.15) is 0 Å². The summed E-state index contributed by atoms with van der Waals surface area (Å²) >= 11 is 0. The molecule has 10 heteroatoms. The second-order valence-corrected chi connectivity index (χ2v) is 7.15.